The van der Waals surface area contributed by atoms with E-state index in [0.717, 1.165) is 32.1 Å². The molecule has 0 aliphatic heterocycles. The second-order valence-corrected chi connectivity index (χ2v) is 10.7. The van der Waals surface area contributed by atoms with Gasteiger partial charge < -0.3 is 20.4 Å². The van der Waals surface area contributed by atoms with Crippen LogP contribution in [0.25, 0.3) is 22.3 Å². The summed E-state index contributed by atoms with van der Waals surface area (Å²) < 4.78 is 21.5. The molecule has 2 heterocycles. The Balaban J connectivity index is 1.44. The maximum absolute atomic E-state index is 15.5. The Morgan fingerprint density at radius 1 is 1.14 bits per heavy atom. The first kappa shape index (κ1) is 25.2. The van der Waals surface area contributed by atoms with Gasteiger partial charge in [0.15, 0.2) is 0 Å². The van der Waals surface area contributed by atoms with Gasteiger partial charge in [-0.2, -0.15) is 0 Å². The second kappa shape index (κ2) is 10.1. The number of nitrogens with zero attached hydrogens (tertiary/aromatic N) is 2. The van der Waals surface area contributed by atoms with Crippen LogP contribution in [0.3, 0.4) is 0 Å². The fourth-order valence-electron chi connectivity index (χ4n) is 5.35. The van der Waals surface area contributed by atoms with Crippen LogP contribution in [0.2, 0.25) is 0 Å². The summed E-state index contributed by atoms with van der Waals surface area (Å²) in [4.78, 5) is 37.0. The van der Waals surface area contributed by atoms with Crippen LogP contribution in [0.5, 0.6) is 5.75 Å². The number of ether oxygens (including phenoxy) is 1. The molecule has 3 aromatic rings. The zero-order chi connectivity index (χ0) is 26.3. The number of hydrogen-bond donors (Lipinski definition) is 3. The average Bonchev–Trinajstić information content (AvgIpc) is 3.61. The summed E-state index contributed by atoms with van der Waals surface area (Å²) >= 11 is 0. The van der Waals surface area contributed by atoms with E-state index in [1.807, 2.05) is 6.92 Å². The zero-order valence-corrected chi connectivity index (χ0v) is 21.8. The Morgan fingerprint density at radius 3 is 2.62 bits per heavy atom. The third-order valence-corrected chi connectivity index (χ3v) is 7.60. The highest BCUT2D eigenvalue weighted by molar-refractivity contribution is 6.09. The largest absolute Gasteiger partial charge is 0.492 e. The molecule has 1 aromatic carbocycles. The van der Waals surface area contributed by atoms with E-state index in [-0.39, 0.29) is 35.4 Å². The number of aromatic amines is 1. The molecular formula is C28H34FN5O3. The van der Waals surface area contributed by atoms with Crippen LogP contribution in [-0.2, 0) is 4.79 Å². The quantitative estimate of drug-likeness (QED) is 0.433. The molecule has 196 valence electrons. The molecule has 2 aliphatic carbocycles. The number of hydrogen-bond acceptors (Lipinski definition) is 5. The van der Waals surface area contributed by atoms with Crippen molar-refractivity contribution in [3.8, 4) is 17.0 Å². The van der Waals surface area contributed by atoms with Gasteiger partial charge in [0.2, 0.25) is 5.91 Å². The van der Waals surface area contributed by atoms with Crippen molar-refractivity contribution in [2.24, 2.45) is 11.8 Å². The predicted molar refractivity (Wildman–Crippen MR) is 139 cm³/mol. The van der Waals surface area contributed by atoms with Gasteiger partial charge in [0.25, 0.3) is 5.91 Å². The van der Waals surface area contributed by atoms with Crippen LogP contribution in [0, 0.1) is 31.5 Å². The van der Waals surface area contributed by atoms with E-state index in [1.165, 1.54) is 13.3 Å². The van der Waals surface area contributed by atoms with E-state index in [0.29, 0.717) is 51.8 Å². The maximum atomic E-state index is 15.5. The smallest absolute Gasteiger partial charge is 0.255 e. The molecule has 9 heteroatoms. The highest BCUT2D eigenvalue weighted by Gasteiger charge is 2.31. The fraction of sp³-hybridized carbons (Fsp3) is 0.500. The number of carbonyl (C=O) groups is 2. The van der Waals surface area contributed by atoms with Crippen molar-refractivity contribution in [1.29, 1.82) is 0 Å². The van der Waals surface area contributed by atoms with Crippen LogP contribution in [0.15, 0.2) is 18.5 Å². The van der Waals surface area contributed by atoms with Crippen molar-refractivity contribution in [3.63, 3.8) is 0 Å². The summed E-state index contributed by atoms with van der Waals surface area (Å²) in [5.74, 6) is 0.516. The van der Waals surface area contributed by atoms with Gasteiger partial charge in [0.05, 0.1) is 23.3 Å². The number of aromatic nitrogens is 3. The molecule has 0 unspecified atom stereocenters. The summed E-state index contributed by atoms with van der Waals surface area (Å²) in [5, 5.41) is 6.16. The van der Waals surface area contributed by atoms with Gasteiger partial charge in [0, 0.05) is 24.7 Å². The Bertz CT molecular complexity index is 1350. The lowest BCUT2D eigenvalue weighted by molar-refractivity contribution is -0.120. The van der Waals surface area contributed by atoms with Crippen molar-refractivity contribution in [2.75, 3.05) is 6.61 Å². The van der Waals surface area contributed by atoms with Crippen molar-refractivity contribution in [1.82, 2.24) is 25.6 Å². The topological polar surface area (TPSA) is 109 Å². The average molecular weight is 508 g/mol. The molecule has 2 aromatic heterocycles. The first-order valence-electron chi connectivity index (χ1n) is 13.1. The number of amides is 2. The molecular weight excluding hydrogens is 473 g/mol. The first-order chi connectivity index (χ1) is 17.7. The Hall–Kier alpha value is -3.49. The van der Waals surface area contributed by atoms with E-state index in [4.69, 9.17) is 4.74 Å². The molecule has 2 amide bonds. The van der Waals surface area contributed by atoms with Gasteiger partial charge in [-0.15, -0.1) is 0 Å². The normalized spacial score (nSPS) is 21.6. The first-order valence-corrected chi connectivity index (χ1v) is 13.1. The van der Waals surface area contributed by atoms with Crippen molar-refractivity contribution in [2.45, 2.75) is 71.9 Å². The molecule has 37 heavy (non-hydrogen) atoms. The van der Waals surface area contributed by atoms with Gasteiger partial charge in [-0.05, 0) is 69.4 Å². The van der Waals surface area contributed by atoms with E-state index >= 15 is 4.39 Å². The summed E-state index contributed by atoms with van der Waals surface area (Å²) in [7, 11) is 0. The number of fused-ring (bicyclic) bond motifs is 1. The Morgan fingerprint density at radius 2 is 1.92 bits per heavy atom. The number of benzene rings is 1. The minimum atomic E-state index is -0.392. The monoisotopic (exact) mass is 507 g/mol. The van der Waals surface area contributed by atoms with Crippen LogP contribution >= 0.6 is 0 Å². The molecule has 2 aliphatic rings. The number of rotatable bonds is 7. The standard InChI is InChI=1S/C28H34FN5O3/c1-14-5-10-21(37-12-18-6-7-18)23(24(14)29)26-27-25(30-13-31-26)22(16(3)32-27)28(36)34-20-9-8-19(11-15(20)2)33-17(4)35/h5,10,13,15,18-20,32H,6-9,11-12H2,1-4H3,(H,33,35)(H,34,36)/t15-,19-,20-/m1/s1. The molecule has 8 nitrogen and oxygen atoms in total. The number of carbonyl (C=O) groups excluding carboxylic acids is 2. The van der Waals surface area contributed by atoms with Crippen LogP contribution in [0.1, 0.15) is 67.6 Å². The number of nitrogens with one attached hydrogen (secondary N) is 3. The van der Waals surface area contributed by atoms with E-state index in [2.05, 4.69) is 32.5 Å². The lowest BCUT2D eigenvalue weighted by Crippen LogP contribution is -2.47. The highest BCUT2D eigenvalue weighted by Crippen LogP contribution is 2.39. The molecule has 0 saturated heterocycles. The number of H-pyrrole nitrogens is 1. The lowest BCUT2D eigenvalue weighted by atomic mass is 9.82. The lowest BCUT2D eigenvalue weighted by Gasteiger charge is -2.34. The van der Waals surface area contributed by atoms with Crippen molar-refractivity contribution < 1.29 is 18.7 Å². The highest BCUT2D eigenvalue weighted by atomic mass is 19.1. The van der Waals surface area contributed by atoms with Gasteiger partial charge in [0.1, 0.15) is 29.1 Å². The molecule has 2 fully saturated rings. The SMILES string of the molecule is CC(=O)N[C@@H]1CC[C@@H](NC(=O)c2c(C)[nH]c3c(-c4c(OCC5CC5)ccc(C)c4F)ncnc23)[C@H](C)C1. The fourth-order valence-corrected chi connectivity index (χ4v) is 5.35. The minimum Gasteiger partial charge on any atom is -0.492 e. The van der Waals surface area contributed by atoms with E-state index in [9.17, 15) is 9.59 Å². The molecule has 0 radical (unpaired) electrons. The summed E-state index contributed by atoms with van der Waals surface area (Å²) in [5.41, 5.74) is 3.19. The van der Waals surface area contributed by atoms with Gasteiger partial charge in [-0.1, -0.05) is 13.0 Å². The maximum Gasteiger partial charge on any atom is 0.255 e. The van der Waals surface area contributed by atoms with Crippen LogP contribution in [0.4, 0.5) is 4.39 Å². The number of halogens is 1. The van der Waals surface area contributed by atoms with Gasteiger partial charge in [-0.25, -0.2) is 14.4 Å². The van der Waals surface area contributed by atoms with Gasteiger partial charge in [-0.3, -0.25) is 9.59 Å². The van der Waals surface area contributed by atoms with Crippen LogP contribution < -0.4 is 15.4 Å². The Kier molecular flexibility index (Phi) is 6.88. The van der Waals surface area contributed by atoms with Crippen molar-refractivity contribution in [3.05, 3.63) is 41.1 Å². The second-order valence-electron chi connectivity index (χ2n) is 10.7. The minimum absolute atomic E-state index is 0.0141. The third-order valence-electron chi connectivity index (χ3n) is 7.60. The predicted octanol–water partition coefficient (Wildman–Crippen LogP) is 4.59. The Labute approximate surface area is 215 Å². The molecule has 5 rings (SSSR count). The molecule has 2 saturated carbocycles. The number of aryl methyl sites for hydroxylation is 2. The van der Waals surface area contributed by atoms with E-state index in [1.54, 1.807) is 19.1 Å². The molecule has 0 spiro atoms. The van der Waals surface area contributed by atoms with Crippen LogP contribution in [-0.4, -0.2) is 45.5 Å². The summed E-state index contributed by atoms with van der Waals surface area (Å²) in [6.07, 6.45) is 6.02. The summed E-state index contributed by atoms with van der Waals surface area (Å²) in [6, 6.07) is 3.61. The molecule has 0 bridgehead atoms. The van der Waals surface area contributed by atoms with E-state index < -0.39 is 5.82 Å². The third kappa shape index (κ3) is 5.17. The van der Waals surface area contributed by atoms with Gasteiger partial charge >= 0.3 is 0 Å². The van der Waals surface area contributed by atoms with Crippen molar-refractivity contribution >= 4 is 22.8 Å². The summed E-state index contributed by atoms with van der Waals surface area (Å²) in [6.45, 7) is 7.69. The zero-order valence-electron chi connectivity index (χ0n) is 21.8. The molecule has 3 atom stereocenters. The molecule has 3 N–H and O–H groups in total.